The molecular weight excluding hydrogens is 848 g/mol. The lowest BCUT2D eigenvalue weighted by molar-refractivity contribution is -0.385. The molecule has 0 saturated heterocycles. The molecule has 0 aromatic heterocycles. The molecule has 0 amide bonds. The molecule has 4 atom stereocenters. The van der Waals surface area contributed by atoms with Gasteiger partial charge in [0, 0.05) is 44.6 Å². The minimum absolute atomic E-state index is 0.00236. The average Bonchev–Trinajstić information content (AvgIpc) is 3.68. The number of nitrogens with zero attached hydrogens (tertiary/aromatic N) is 4. The minimum atomic E-state index is -0.770. The van der Waals surface area contributed by atoms with E-state index in [1.54, 1.807) is 65.8 Å². The van der Waals surface area contributed by atoms with E-state index in [0.29, 0.717) is 12.8 Å². The molecule has 56 heavy (non-hydrogen) atoms. The highest BCUT2D eigenvalue weighted by Gasteiger charge is 2.48. The third-order valence-corrected chi connectivity index (χ3v) is 11.6. The van der Waals surface area contributed by atoms with Crippen molar-refractivity contribution in [2.75, 3.05) is 23.0 Å². The van der Waals surface area contributed by atoms with Gasteiger partial charge >= 0.3 is 11.9 Å². The third-order valence-electron chi connectivity index (χ3n) is 10.2. The Morgan fingerprint density at radius 2 is 1.02 bits per heavy atom. The fourth-order valence-corrected chi connectivity index (χ4v) is 8.52. The van der Waals surface area contributed by atoms with E-state index >= 15 is 0 Å². The monoisotopic (exact) mass is 890 g/mol. The molecule has 4 aromatic carbocycles. The van der Waals surface area contributed by atoms with Gasteiger partial charge in [0.15, 0.2) is 0 Å². The first-order chi connectivity index (χ1) is 26.4. The van der Waals surface area contributed by atoms with Crippen LogP contribution in [0.25, 0.3) is 0 Å². The number of fused-ring (bicyclic) bond motifs is 2. The van der Waals surface area contributed by atoms with Crippen molar-refractivity contribution in [1.82, 2.24) is 0 Å². The van der Waals surface area contributed by atoms with Gasteiger partial charge in [-0.1, -0.05) is 68.3 Å². The van der Waals surface area contributed by atoms with Gasteiger partial charge in [0.1, 0.15) is 13.2 Å². The maximum Gasteiger partial charge on any atom is 0.311 e. The molecule has 2 aliphatic heterocycles. The summed E-state index contributed by atoms with van der Waals surface area (Å²) in [4.78, 5) is 54.1. The lowest BCUT2D eigenvalue weighted by atomic mass is 9.89. The molecule has 0 bridgehead atoms. The molecule has 4 aromatic rings. The number of hydrogen-bond acceptors (Lipinski definition) is 10. The van der Waals surface area contributed by atoms with E-state index < -0.39 is 44.8 Å². The van der Waals surface area contributed by atoms with Gasteiger partial charge < -0.3 is 19.3 Å². The van der Waals surface area contributed by atoms with Crippen LogP contribution in [0.3, 0.4) is 0 Å². The summed E-state index contributed by atoms with van der Waals surface area (Å²) in [7, 11) is 0. The summed E-state index contributed by atoms with van der Waals surface area (Å²) in [6.07, 6.45) is 0.709. The lowest BCUT2D eigenvalue weighted by Crippen LogP contribution is -2.49. The number of carbonyl (C=O) groups excluding carboxylic acids is 2. The van der Waals surface area contributed by atoms with Crippen LogP contribution in [0.4, 0.5) is 22.7 Å². The number of nitro groups is 2. The Kier molecular flexibility index (Phi) is 11.6. The van der Waals surface area contributed by atoms with Crippen LogP contribution in [-0.4, -0.2) is 47.1 Å². The molecule has 0 N–H and O–H groups in total. The summed E-state index contributed by atoms with van der Waals surface area (Å²) < 4.78 is 13.6. The Morgan fingerprint density at radius 1 is 0.661 bits per heavy atom. The van der Waals surface area contributed by atoms with Crippen molar-refractivity contribution < 1.29 is 28.9 Å². The van der Waals surface area contributed by atoms with Crippen LogP contribution in [-0.2, 0) is 31.9 Å². The van der Waals surface area contributed by atoms with Crippen molar-refractivity contribution in [2.45, 2.75) is 78.6 Å². The molecule has 0 fully saturated rings. The fraction of sp³-hybridized carbons (Fsp3) is 0.381. The molecule has 0 radical (unpaired) electrons. The number of anilines is 2. The minimum Gasteiger partial charge on any atom is -0.463 e. The Bertz CT molecular complexity index is 2030. The van der Waals surface area contributed by atoms with Crippen LogP contribution >= 0.6 is 31.9 Å². The van der Waals surface area contributed by atoms with Crippen LogP contribution < -0.4 is 9.80 Å². The van der Waals surface area contributed by atoms with Gasteiger partial charge in [-0.05, 0) is 101 Å². The Morgan fingerprint density at radius 3 is 1.34 bits per heavy atom. The Labute approximate surface area is 342 Å². The maximum atomic E-state index is 13.3. The number of nitro benzene ring substituents is 2. The summed E-state index contributed by atoms with van der Waals surface area (Å²) in [5, 5.41) is 24.0. The van der Waals surface area contributed by atoms with E-state index in [4.69, 9.17) is 9.47 Å². The lowest BCUT2D eigenvalue weighted by Gasteiger charge is -2.47. The molecule has 12 nitrogen and oxygen atoms in total. The largest absolute Gasteiger partial charge is 0.463 e. The quantitative estimate of drug-likeness (QED) is 0.0811. The topological polar surface area (TPSA) is 145 Å². The van der Waals surface area contributed by atoms with Crippen molar-refractivity contribution in [1.29, 1.82) is 0 Å². The van der Waals surface area contributed by atoms with Gasteiger partial charge in [-0.2, -0.15) is 0 Å². The van der Waals surface area contributed by atoms with E-state index in [9.17, 15) is 29.8 Å². The number of benzene rings is 4. The van der Waals surface area contributed by atoms with E-state index in [-0.39, 0.29) is 36.5 Å². The first-order valence-electron chi connectivity index (χ1n) is 18.3. The third kappa shape index (κ3) is 8.31. The SMILES string of the molecule is CC(C)(C)C(=O)OC[C@@H]1Cc2cc([N+](=O)[O-])ccc2N1[C@H](c1ccccc1Br)[C@H](c1ccccc1Br)N1c2ccc([N+](=O)[O-])cc2C[C@@H]1COC(=O)C(C)(C)C. The molecule has 2 heterocycles. The molecule has 2 aliphatic rings. The normalized spacial score (nSPS) is 17.5. The summed E-state index contributed by atoms with van der Waals surface area (Å²) in [6.45, 7) is 10.7. The predicted octanol–water partition coefficient (Wildman–Crippen LogP) is 9.85. The second kappa shape index (κ2) is 16.0. The first-order valence-corrected chi connectivity index (χ1v) is 19.9. The van der Waals surface area contributed by atoms with Crippen LogP contribution in [0.5, 0.6) is 0 Å². The van der Waals surface area contributed by atoms with Crippen LogP contribution in [0.15, 0.2) is 93.9 Å². The van der Waals surface area contributed by atoms with Crippen molar-refractivity contribution >= 4 is 66.5 Å². The molecule has 0 aliphatic carbocycles. The molecule has 0 unspecified atom stereocenters. The molecule has 0 spiro atoms. The number of non-ortho nitro benzene ring substituents is 2. The zero-order valence-corrected chi connectivity index (χ0v) is 35.2. The van der Waals surface area contributed by atoms with Gasteiger partial charge in [-0.25, -0.2) is 0 Å². The number of rotatable bonds is 11. The summed E-state index contributed by atoms with van der Waals surface area (Å²) >= 11 is 7.72. The summed E-state index contributed by atoms with van der Waals surface area (Å²) in [6, 6.07) is 23.2. The highest BCUT2D eigenvalue weighted by molar-refractivity contribution is 9.10. The number of esters is 2. The fourth-order valence-electron chi connectivity index (χ4n) is 7.48. The number of ether oxygens (including phenoxy) is 2. The van der Waals surface area contributed by atoms with Gasteiger partial charge in [-0.15, -0.1) is 0 Å². The average molecular weight is 893 g/mol. The van der Waals surface area contributed by atoms with E-state index in [0.717, 1.165) is 42.6 Å². The van der Waals surface area contributed by atoms with Crippen LogP contribution in [0.1, 0.15) is 75.9 Å². The zero-order valence-electron chi connectivity index (χ0n) is 32.0. The number of halogens is 2. The standard InChI is InChI=1S/C42H44Br2N4O8/c1-41(2,3)39(49)55-23-29-21-25-19-27(47(51)52)15-17-35(25)45(29)37(31-11-7-9-13-33(31)43)38(32-12-8-10-14-34(32)44)46-30(24-56-40(50)42(4,5)6)22-26-20-28(48(53)54)16-18-36(26)46/h7-20,29-30,37-38H,21-24H2,1-6H3/t29-,30+,37+,38-. The van der Waals surface area contributed by atoms with Crippen LogP contribution in [0.2, 0.25) is 0 Å². The van der Waals surface area contributed by atoms with Gasteiger partial charge in [0.05, 0.1) is 44.8 Å². The first kappa shape index (κ1) is 40.8. The van der Waals surface area contributed by atoms with E-state index in [1.165, 1.54) is 12.1 Å². The Balaban J connectivity index is 1.62. The molecule has 294 valence electrons. The van der Waals surface area contributed by atoms with Crippen LogP contribution in [0, 0.1) is 31.1 Å². The summed E-state index contributed by atoms with van der Waals surface area (Å²) in [5.41, 5.74) is 3.03. The van der Waals surface area contributed by atoms with Crippen molar-refractivity contribution in [3.05, 3.63) is 136 Å². The second-order valence-corrected chi connectivity index (χ2v) is 18.0. The second-order valence-electron chi connectivity index (χ2n) is 16.3. The van der Waals surface area contributed by atoms with Crippen molar-refractivity contribution in [3.63, 3.8) is 0 Å². The smallest absolute Gasteiger partial charge is 0.311 e. The summed E-state index contributed by atoms with van der Waals surface area (Å²) in [5.74, 6) is -0.759. The zero-order chi connectivity index (χ0) is 40.7. The highest BCUT2D eigenvalue weighted by Crippen LogP contribution is 2.53. The van der Waals surface area contributed by atoms with Gasteiger partial charge in [-0.3, -0.25) is 29.8 Å². The molecule has 6 rings (SSSR count). The molecule has 0 saturated carbocycles. The van der Waals surface area contributed by atoms with Gasteiger partial charge in [0.25, 0.3) is 11.4 Å². The highest BCUT2D eigenvalue weighted by atomic mass is 79.9. The van der Waals surface area contributed by atoms with Gasteiger partial charge in [0.2, 0.25) is 0 Å². The van der Waals surface area contributed by atoms with Crippen molar-refractivity contribution in [2.24, 2.45) is 10.8 Å². The Hall–Kier alpha value is -4.82. The number of carbonyl (C=O) groups is 2. The molecular formula is C42H44Br2N4O8. The molecule has 14 heteroatoms. The van der Waals surface area contributed by atoms with Crippen molar-refractivity contribution in [3.8, 4) is 0 Å². The maximum absolute atomic E-state index is 13.3. The van der Waals surface area contributed by atoms with E-state index in [1.807, 2.05) is 48.5 Å². The number of hydrogen-bond donors (Lipinski definition) is 0. The van der Waals surface area contributed by atoms with E-state index in [2.05, 4.69) is 41.7 Å². The predicted molar refractivity (Wildman–Crippen MR) is 221 cm³/mol.